The van der Waals surface area contributed by atoms with Crippen LogP contribution in [0.4, 0.5) is 10.1 Å². The molecule has 31 heavy (non-hydrogen) atoms. The van der Waals surface area contributed by atoms with E-state index in [0.717, 1.165) is 12.1 Å². The number of halogens is 1. The van der Waals surface area contributed by atoms with E-state index < -0.39 is 15.8 Å². The van der Waals surface area contributed by atoms with Gasteiger partial charge in [-0.05, 0) is 36.4 Å². The van der Waals surface area contributed by atoms with Crippen LogP contribution >= 0.6 is 0 Å². The highest BCUT2D eigenvalue weighted by Gasteiger charge is 2.28. The SMILES string of the molecule is O=C(CCN1CCN(S(=O)(=O)c2ccc(F)cc2)CC1)Nc1ccc2c(c1)OCCO2. The second-order valence-corrected chi connectivity index (χ2v) is 9.29. The number of ether oxygens (including phenoxy) is 2. The van der Waals surface area contributed by atoms with Gasteiger partial charge in [-0.1, -0.05) is 0 Å². The van der Waals surface area contributed by atoms with Gasteiger partial charge in [-0.15, -0.1) is 0 Å². The molecule has 0 unspecified atom stereocenters. The summed E-state index contributed by atoms with van der Waals surface area (Å²) in [4.78, 5) is 14.5. The molecule has 2 heterocycles. The van der Waals surface area contributed by atoms with E-state index in [-0.39, 0.29) is 10.8 Å². The van der Waals surface area contributed by atoms with E-state index in [4.69, 9.17) is 9.47 Å². The Morgan fingerprint density at radius 2 is 1.65 bits per heavy atom. The molecule has 0 saturated carbocycles. The summed E-state index contributed by atoms with van der Waals surface area (Å²) in [5.74, 6) is 0.677. The Morgan fingerprint density at radius 1 is 0.968 bits per heavy atom. The first-order chi connectivity index (χ1) is 14.9. The molecule has 2 aliphatic rings. The highest BCUT2D eigenvalue weighted by Crippen LogP contribution is 2.32. The summed E-state index contributed by atoms with van der Waals surface area (Å²) in [7, 11) is -3.64. The summed E-state index contributed by atoms with van der Waals surface area (Å²) in [6.45, 7) is 3.22. The molecule has 1 N–H and O–H groups in total. The zero-order chi connectivity index (χ0) is 21.8. The predicted molar refractivity (Wildman–Crippen MR) is 112 cm³/mol. The quantitative estimate of drug-likeness (QED) is 0.725. The number of carbonyl (C=O) groups excluding carboxylic acids is 1. The molecule has 2 aromatic rings. The van der Waals surface area contributed by atoms with Gasteiger partial charge in [0, 0.05) is 50.9 Å². The number of amides is 1. The van der Waals surface area contributed by atoms with Crippen molar-refractivity contribution in [3.63, 3.8) is 0 Å². The molecule has 0 aromatic heterocycles. The van der Waals surface area contributed by atoms with Gasteiger partial charge < -0.3 is 19.7 Å². The molecule has 4 rings (SSSR count). The molecule has 1 fully saturated rings. The minimum absolute atomic E-state index is 0.0844. The molecule has 0 radical (unpaired) electrons. The predicted octanol–water partition coefficient (Wildman–Crippen LogP) is 1.93. The minimum Gasteiger partial charge on any atom is -0.486 e. The summed E-state index contributed by atoms with van der Waals surface area (Å²) >= 11 is 0. The molecular formula is C21H24FN3O5S. The molecular weight excluding hydrogens is 425 g/mol. The van der Waals surface area contributed by atoms with Crippen LogP contribution in [-0.2, 0) is 14.8 Å². The Bertz CT molecular complexity index is 1040. The van der Waals surface area contributed by atoms with E-state index in [0.29, 0.717) is 69.5 Å². The van der Waals surface area contributed by atoms with Crippen LogP contribution in [0.15, 0.2) is 47.4 Å². The highest BCUT2D eigenvalue weighted by atomic mass is 32.2. The van der Waals surface area contributed by atoms with Gasteiger partial charge in [0.2, 0.25) is 15.9 Å². The summed E-state index contributed by atoms with van der Waals surface area (Å²) in [6.07, 6.45) is 0.291. The van der Waals surface area contributed by atoms with Crippen molar-refractivity contribution in [1.82, 2.24) is 9.21 Å². The number of benzene rings is 2. The third-order valence-electron chi connectivity index (χ3n) is 5.26. The molecule has 2 aromatic carbocycles. The van der Waals surface area contributed by atoms with Crippen molar-refractivity contribution in [1.29, 1.82) is 0 Å². The number of nitrogens with zero attached hydrogens (tertiary/aromatic N) is 2. The van der Waals surface area contributed by atoms with E-state index in [2.05, 4.69) is 10.2 Å². The zero-order valence-electron chi connectivity index (χ0n) is 16.9. The normalized spacial score (nSPS) is 17.3. The van der Waals surface area contributed by atoms with Crippen LogP contribution in [0.5, 0.6) is 11.5 Å². The number of fused-ring (bicyclic) bond motifs is 1. The fourth-order valence-corrected chi connectivity index (χ4v) is 4.98. The third-order valence-corrected chi connectivity index (χ3v) is 7.18. The number of anilines is 1. The fourth-order valence-electron chi connectivity index (χ4n) is 3.55. The van der Waals surface area contributed by atoms with Crippen molar-refractivity contribution in [2.45, 2.75) is 11.3 Å². The largest absolute Gasteiger partial charge is 0.486 e. The Kier molecular flexibility index (Phi) is 6.40. The summed E-state index contributed by atoms with van der Waals surface area (Å²) in [6, 6.07) is 10.1. The van der Waals surface area contributed by atoms with Gasteiger partial charge in [-0.2, -0.15) is 4.31 Å². The summed E-state index contributed by atoms with van der Waals surface area (Å²) in [5.41, 5.74) is 0.643. The van der Waals surface area contributed by atoms with Crippen molar-refractivity contribution in [2.24, 2.45) is 0 Å². The summed E-state index contributed by atoms with van der Waals surface area (Å²) in [5, 5.41) is 2.85. The number of hydrogen-bond donors (Lipinski definition) is 1. The average molecular weight is 450 g/mol. The Hall–Kier alpha value is -2.69. The van der Waals surface area contributed by atoms with E-state index in [1.807, 2.05) is 0 Å². The van der Waals surface area contributed by atoms with Gasteiger partial charge in [-0.25, -0.2) is 12.8 Å². The zero-order valence-corrected chi connectivity index (χ0v) is 17.7. The van der Waals surface area contributed by atoms with Gasteiger partial charge in [-0.3, -0.25) is 4.79 Å². The maximum Gasteiger partial charge on any atom is 0.243 e. The molecule has 1 saturated heterocycles. The molecule has 8 nitrogen and oxygen atoms in total. The second-order valence-electron chi connectivity index (χ2n) is 7.36. The third kappa shape index (κ3) is 5.15. The lowest BCUT2D eigenvalue weighted by Gasteiger charge is -2.33. The lowest BCUT2D eigenvalue weighted by molar-refractivity contribution is -0.116. The van der Waals surface area contributed by atoms with Gasteiger partial charge in [0.25, 0.3) is 0 Å². The van der Waals surface area contributed by atoms with Gasteiger partial charge in [0.15, 0.2) is 11.5 Å². The Labute approximate surface area is 180 Å². The molecule has 0 bridgehead atoms. The first-order valence-corrected chi connectivity index (χ1v) is 11.5. The summed E-state index contributed by atoms with van der Waals surface area (Å²) < 4.78 is 50.8. The van der Waals surface area contributed by atoms with Crippen LogP contribution in [0.2, 0.25) is 0 Å². The maximum atomic E-state index is 13.1. The number of piperazine rings is 1. The number of rotatable bonds is 6. The van der Waals surface area contributed by atoms with Crippen molar-refractivity contribution in [3.8, 4) is 11.5 Å². The fraction of sp³-hybridized carbons (Fsp3) is 0.381. The molecule has 1 amide bonds. The number of sulfonamides is 1. The van der Waals surface area contributed by atoms with Crippen molar-refractivity contribution in [2.75, 3.05) is 51.3 Å². The topological polar surface area (TPSA) is 88.2 Å². The number of hydrogen-bond acceptors (Lipinski definition) is 6. The Balaban J connectivity index is 1.24. The number of carbonyl (C=O) groups is 1. The Morgan fingerprint density at radius 3 is 2.35 bits per heavy atom. The molecule has 2 aliphatic heterocycles. The molecule has 0 aliphatic carbocycles. The van der Waals surface area contributed by atoms with E-state index >= 15 is 0 Å². The minimum atomic E-state index is -3.64. The average Bonchev–Trinajstić information content (AvgIpc) is 2.78. The lowest BCUT2D eigenvalue weighted by atomic mass is 10.2. The molecule has 0 spiro atoms. The monoisotopic (exact) mass is 449 g/mol. The van der Waals surface area contributed by atoms with Crippen LogP contribution in [0.25, 0.3) is 0 Å². The van der Waals surface area contributed by atoms with E-state index in [1.165, 1.54) is 16.4 Å². The standard InChI is InChI=1S/C21H24FN3O5S/c22-16-1-4-18(5-2-16)31(27,28)25-11-9-24(10-12-25)8-7-21(26)23-17-3-6-19-20(15-17)30-14-13-29-19/h1-6,15H,7-14H2,(H,23,26). The van der Waals surface area contributed by atoms with E-state index in [9.17, 15) is 17.6 Å². The van der Waals surface area contributed by atoms with E-state index in [1.54, 1.807) is 18.2 Å². The van der Waals surface area contributed by atoms with Gasteiger partial charge >= 0.3 is 0 Å². The van der Waals surface area contributed by atoms with Crippen LogP contribution < -0.4 is 14.8 Å². The lowest BCUT2D eigenvalue weighted by Crippen LogP contribution is -2.49. The second kappa shape index (κ2) is 9.21. The van der Waals surface area contributed by atoms with Crippen LogP contribution in [0.1, 0.15) is 6.42 Å². The van der Waals surface area contributed by atoms with Gasteiger partial charge in [0.1, 0.15) is 19.0 Å². The molecule has 166 valence electrons. The smallest absolute Gasteiger partial charge is 0.243 e. The van der Waals surface area contributed by atoms with Crippen molar-refractivity contribution in [3.05, 3.63) is 48.3 Å². The maximum absolute atomic E-state index is 13.1. The van der Waals surface area contributed by atoms with Crippen LogP contribution in [0, 0.1) is 5.82 Å². The van der Waals surface area contributed by atoms with Crippen LogP contribution in [-0.4, -0.2) is 69.5 Å². The molecule has 0 atom stereocenters. The van der Waals surface area contributed by atoms with Crippen molar-refractivity contribution < 1.29 is 27.1 Å². The highest BCUT2D eigenvalue weighted by molar-refractivity contribution is 7.89. The number of nitrogens with one attached hydrogen (secondary N) is 1. The molecule has 10 heteroatoms. The van der Waals surface area contributed by atoms with Gasteiger partial charge in [0.05, 0.1) is 4.90 Å². The van der Waals surface area contributed by atoms with Crippen molar-refractivity contribution >= 4 is 21.6 Å². The first-order valence-electron chi connectivity index (χ1n) is 10.1. The van der Waals surface area contributed by atoms with Crippen LogP contribution in [0.3, 0.4) is 0 Å². The first kappa shape index (κ1) is 21.5.